The molecule has 1 saturated heterocycles. The Kier molecular flexibility index (Phi) is 6.78. The topological polar surface area (TPSA) is 15.3 Å². The van der Waals surface area contributed by atoms with Gasteiger partial charge in [-0.25, -0.2) is 0 Å². The molecule has 1 aliphatic rings. The van der Waals surface area contributed by atoms with Crippen molar-refractivity contribution in [2.45, 2.75) is 46.2 Å². The Bertz CT molecular complexity index is 185. The van der Waals surface area contributed by atoms with Gasteiger partial charge in [-0.15, -0.1) is 0 Å². The van der Waals surface area contributed by atoms with E-state index in [1.807, 2.05) is 0 Å². The number of hydrogen-bond acceptors (Lipinski definition) is 3. The molecule has 1 heterocycles. The summed E-state index contributed by atoms with van der Waals surface area (Å²) in [7, 11) is 0. The average Bonchev–Trinajstić information content (AvgIpc) is 2.25. The Balaban J connectivity index is 2.47. The van der Waals surface area contributed by atoms with E-state index in [0.717, 1.165) is 25.0 Å². The summed E-state index contributed by atoms with van der Waals surface area (Å²) in [5, 5.41) is 3.59. The van der Waals surface area contributed by atoms with Crippen LogP contribution in [0.15, 0.2) is 0 Å². The van der Waals surface area contributed by atoms with E-state index in [4.69, 9.17) is 0 Å². The molecular formula is C13H28N2S. The van der Waals surface area contributed by atoms with Crippen LogP contribution in [0, 0.1) is 5.92 Å². The molecule has 0 bridgehead atoms. The number of rotatable bonds is 6. The van der Waals surface area contributed by atoms with E-state index in [-0.39, 0.29) is 0 Å². The number of nitrogens with zero attached hydrogens (tertiary/aromatic N) is 1. The molecule has 2 nitrogen and oxygen atoms in total. The van der Waals surface area contributed by atoms with Gasteiger partial charge in [0.1, 0.15) is 0 Å². The smallest absolute Gasteiger partial charge is 0.0247 e. The second-order valence-electron chi connectivity index (χ2n) is 5.18. The Morgan fingerprint density at radius 1 is 1.44 bits per heavy atom. The second-order valence-corrected chi connectivity index (χ2v) is 6.33. The van der Waals surface area contributed by atoms with Crippen LogP contribution >= 0.6 is 11.8 Å². The molecule has 96 valence electrons. The van der Waals surface area contributed by atoms with Gasteiger partial charge in [-0.05, 0) is 25.8 Å². The number of thioether (sulfide) groups is 1. The molecule has 1 rings (SSSR count). The van der Waals surface area contributed by atoms with Gasteiger partial charge in [-0.3, -0.25) is 4.90 Å². The normalized spacial score (nSPS) is 24.9. The van der Waals surface area contributed by atoms with E-state index in [1.54, 1.807) is 0 Å². The minimum absolute atomic E-state index is 0.711. The molecule has 0 radical (unpaired) electrons. The molecule has 1 N–H and O–H groups in total. The molecule has 2 unspecified atom stereocenters. The van der Waals surface area contributed by atoms with Crippen LogP contribution in [-0.2, 0) is 0 Å². The predicted octanol–water partition coefficient (Wildman–Crippen LogP) is 2.45. The highest BCUT2D eigenvalue weighted by atomic mass is 32.2. The zero-order valence-electron chi connectivity index (χ0n) is 11.3. The third-order valence-electron chi connectivity index (χ3n) is 3.39. The van der Waals surface area contributed by atoms with Crippen LogP contribution in [0.3, 0.4) is 0 Å². The molecule has 1 aliphatic heterocycles. The zero-order chi connectivity index (χ0) is 12.0. The summed E-state index contributed by atoms with van der Waals surface area (Å²) in [6.45, 7) is 12.9. The lowest BCUT2D eigenvalue weighted by molar-refractivity contribution is 0.123. The van der Waals surface area contributed by atoms with Gasteiger partial charge in [0.15, 0.2) is 0 Å². The zero-order valence-corrected chi connectivity index (χ0v) is 12.1. The summed E-state index contributed by atoms with van der Waals surface area (Å²) in [6, 6.07) is 1.46. The van der Waals surface area contributed by atoms with Crippen molar-refractivity contribution < 1.29 is 0 Å². The molecule has 0 aliphatic carbocycles. The van der Waals surface area contributed by atoms with Crippen LogP contribution in [0.1, 0.15) is 34.1 Å². The van der Waals surface area contributed by atoms with E-state index < -0.39 is 0 Å². The first-order chi connectivity index (χ1) is 7.66. The fraction of sp³-hybridized carbons (Fsp3) is 1.00. The molecule has 0 saturated carbocycles. The van der Waals surface area contributed by atoms with Crippen molar-refractivity contribution in [3.05, 3.63) is 0 Å². The molecular weight excluding hydrogens is 216 g/mol. The minimum atomic E-state index is 0.711. The summed E-state index contributed by atoms with van der Waals surface area (Å²) in [5.74, 6) is 3.35. The fourth-order valence-electron chi connectivity index (χ4n) is 2.40. The van der Waals surface area contributed by atoms with Crippen molar-refractivity contribution in [1.29, 1.82) is 0 Å². The third kappa shape index (κ3) is 4.27. The summed E-state index contributed by atoms with van der Waals surface area (Å²) >= 11 is 2.10. The van der Waals surface area contributed by atoms with Crippen LogP contribution in [0.4, 0.5) is 0 Å². The molecule has 0 aromatic rings. The summed E-state index contributed by atoms with van der Waals surface area (Å²) in [5.41, 5.74) is 0. The maximum Gasteiger partial charge on any atom is 0.0247 e. The molecule has 3 heteroatoms. The van der Waals surface area contributed by atoms with Crippen LogP contribution in [0.2, 0.25) is 0 Å². The monoisotopic (exact) mass is 244 g/mol. The first-order valence-electron chi connectivity index (χ1n) is 6.71. The van der Waals surface area contributed by atoms with E-state index in [2.05, 4.69) is 49.7 Å². The van der Waals surface area contributed by atoms with Crippen LogP contribution in [-0.4, -0.2) is 48.1 Å². The first-order valence-corrected chi connectivity index (χ1v) is 7.86. The van der Waals surface area contributed by atoms with E-state index in [0.29, 0.717) is 6.04 Å². The first kappa shape index (κ1) is 14.3. The lowest BCUT2D eigenvalue weighted by atomic mass is 10.0. The van der Waals surface area contributed by atoms with Gasteiger partial charge >= 0.3 is 0 Å². The fourth-order valence-corrected chi connectivity index (χ4v) is 3.43. The van der Waals surface area contributed by atoms with E-state index >= 15 is 0 Å². The van der Waals surface area contributed by atoms with Crippen LogP contribution in [0.25, 0.3) is 0 Å². The number of hydrogen-bond donors (Lipinski definition) is 1. The van der Waals surface area contributed by atoms with Crippen molar-refractivity contribution in [3.8, 4) is 0 Å². The molecule has 1 fully saturated rings. The maximum absolute atomic E-state index is 3.59. The molecule has 0 spiro atoms. The number of nitrogens with one attached hydrogen (secondary N) is 1. The van der Waals surface area contributed by atoms with Crippen molar-refractivity contribution in [2.75, 3.05) is 31.1 Å². The molecule has 2 atom stereocenters. The van der Waals surface area contributed by atoms with Gasteiger partial charge in [0, 0.05) is 36.7 Å². The van der Waals surface area contributed by atoms with Crippen molar-refractivity contribution >= 4 is 11.8 Å². The van der Waals surface area contributed by atoms with Gasteiger partial charge in [-0.1, -0.05) is 20.8 Å². The lowest BCUT2D eigenvalue weighted by Crippen LogP contribution is -2.53. The Morgan fingerprint density at radius 3 is 2.75 bits per heavy atom. The van der Waals surface area contributed by atoms with Crippen LogP contribution in [0.5, 0.6) is 0 Å². The average molecular weight is 244 g/mol. The van der Waals surface area contributed by atoms with Crippen molar-refractivity contribution in [2.24, 2.45) is 5.92 Å². The highest BCUT2D eigenvalue weighted by Crippen LogP contribution is 2.21. The molecule has 0 aromatic heterocycles. The summed E-state index contributed by atoms with van der Waals surface area (Å²) < 4.78 is 0. The highest BCUT2D eigenvalue weighted by molar-refractivity contribution is 7.99. The van der Waals surface area contributed by atoms with Gasteiger partial charge in [0.2, 0.25) is 0 Å². The predicted molar refractivity (Wildman–Crippen MR) is 75.3 cm³/mol. The standard InChI is InChI=1S/C13H28N2S/c1-5-6-14-9-13(11(2)3)15-7-8-16-10-12(15)4/h11-14H,5-10H2,1-4H3. The van der Waals surface area contributed by atoms with Gasteiger partial charge in [-0.2, -0.15) is 11.8 Å². The molecule has 16 heavy (non-hydrogen) atoms. The van der Waals surface area contributed by atoms with Gasteiger partial charge in [0.05, 0.1) is 0 Å². The maximum atomic E-state index is 3.59. The largest absolute Gasteiger partial charge is 0.315 e. The quantitative estimate of drug-likeness (QED) is 0.723. The van der Waals surface area contributed by atoms with Gasteiger partial charge < -0.3 is 5.32 Å². The van der Waals surface area contributed by atoms with Gasteiger partial charge in [0.25, 0.3) is 0 Å². The summed E-state index contributed by atoms with van der Waals surface area (Å²) in [4.78, 5) is 2.71. The Morgan fingerprint density at radius 2 is 2.19 bits per heavy atom. The Labute approximate surface area is 106 Å². The second kappa shape index (κ2) is 7.57. The Hall–Kier alpha value is 0.270. The summed E-state index contributed by atoms with van der Waals surface area (Å²) in [6.07, 6.45) is 1.23. The highest BCUT2D eigenvalue weighted by Gasteiger charge is 2.27. The minimum Gasteiger partial charge on any atom is -0.315 e. The lowest BCUT2D eigenvalue weighted by Gasteiger charge is -2.41. The SMILES string of the molecule is CCCNCC(C(C)C)N1CCSCC1C. The van der Waals surface area contributed by atoms with E-state index in [1.165, 1.54) is 24.5 Å². The molecule has 0 amide bonds. The van der Waals surface area contributed by atoms with Crippen molar-refractivity contribution in [3.63, 3.8) is 0 Å². The third-order valence-corrected chi connectivity index (χ3v) is 4.58. The van der Waals surface area contributed by atoms with Crippen LogP contribution < -0.4 is 5.32 Å². The van der Waals surface area contributed by atoms with E-state index in [9.17, 15) is 0 Å². The van der Waals surface area contributed by atoms with Crippen molar-refractivity contribution in [1.82, 2.24) is 10.2 Å². The molecule has 0 aromatic carbocycles.